The fourth-order valence-corrected chi connectivity index (χ4v) is 3.24. The molecule has 1 fully saturated rings. The zero-order valence-electron chi connectivity index (χ0n) is 11.1. The van der Waals surface area contributed by atoms with Gasteiger partial charge in [-0.15, -0.1) is 0 Å². The maximum Gasteiger partial charge on any atom is 0.339 e. The number of carbonyl (C=O) groups excluding carboxylic acids is 2. The molecule has 1 aliphatic rings. The van der Waals surface area contributed by atoms with E-state index in [9.17, 15) is 9.59 Å². The monoisotopic (exact) mass is 279 g/mol. The Balaban J connectivity index is 2.19. The molecule has 4 nitrogen and oxygen atoms in total. The number of thioether (sulfide) groups is 1. The Morgan fingerprint density at radius 2 is 2.21 bits per heavy atom. The van der Waals surface area contributed by atoms with Crippen LogP contribution in [0.3, 0.4) is 0 Å². The molecule has 1 N–H and O–H groups in total. The van der Waals surface area contributed by atoms with Crippen LogP contribution >= 0.6 is 11.8 Å². The van der Waals surface area contributed by atoms with Crippen LogP contribution in [-0.2, 0) is 9.53 Å². The van der Waals surface area contributed by atoms with Crippen LogP contribution in [0, 0.1) is 12.8 Å². The summed E-state index contributed by atoms with van der Waals surface area (Å²) < 4.78 is 4.74. The molecule has 0 radical (unpaired) electrons. The van der Waals surface area contributed by atoms with Crippen LogP contribution < -0.4 is 5.32 Å². The van der Waals surface area contributed by atoms with E-state index >= 15 is 0 Å². The second-order valence-electron chi connectivity index (χ2n) is 4.59. The van der Waals surface area contributed by atoms with Gasteiger partial charge in [0.1, 0.15) is 0 Å². The molecule has 0 aliphatic carbocycles. The number of rotatable bonds is 3. The zero-order chi connectivity index (χ0) is 13.8. The minimum absolute atomic E-state index is 0.0148. The van der Waals surface area contributed by atoms with Crippen molar-refractivity contribution in [1.29, 1.82) is 0 Å². The third-order valence-electron chi connectivity index (χ3n) is 3.14. The van der Waals surface area contributed by atoms with Gasteiger partial charge in [-0.25, -0.2) is 4.79 Å². The first-order valence-electron chi connectivity index (χ1n) is 6.19. The van der Waals surface area contributed by atoms with Gasteiger partial charge in [0.25, 0.3) is 0 Å². The van der Waals surface area contributed by atoms with E-state index in [1.54, 1.807) is 23.9 Å². The molecule has 1 amide bonds. The van der Waals surface area contributed by atoms with Gasteiger partial charge in [0.15, 0.2) is 0 Å². The lowest BCUT2D eigenvalue weighted by molar-refractivity contribution is -0.119. The summed E-state index contributed by atoms with van der Waals surface area (Å²) in [6.07, 6.45) is 0.899. The fourth-order valence-electron chi connectivity index (χ4n) is 2.02. The summed E-state index contributed by atoms with van der Waals surface area (Å²) in [5, 5.41) is 2.84. The van der Waals surface area contributed by atoms with Crippen molar-refractivity contribution in [3.63, 3.8) is 0 Å². The molecule has 0 aromatic heterocycles. The number of amides is 1. The maximum atomic E-state index is 12.1. The third kappa shape index (κ3) is 3.29. The van der Waals surface area contributed by atoms with Crippen molar-refractivity contribution in [2.75, 3.05) is 23.9 Å². The molecule has 0 bridgehead atoms. The average molecular weight is 279 g/mol. The van der Waals surface area contributed by atoms with E-state index in [0.717, 1.165) is 23.5 Å². The summed E-state index contributed by atoms with van der Waals surface area (Å²) in [4.78, 5) is 23.8. The summed E-state index contributed by atoms with van der Waals surface area (Å²) >= 11 is 1.79. The van der Waals surface area contributed by atoms with E-state index in [0.29, 0.717) is 11.3 Å². The first kappa shape index (κ1) is 13.9. The van der Waals surface area contributed by atoms with Crippen molar-refractivity contribution in [3.05, 3.63) is 29.3 Å². The number of nitrogens with one attached hydrogen (secondary N) is 1. The van der Waals surface area contributed by atoms with Gasteiger partial charge in [-0.1, -0.05) is 11.6 Å². The Morgan fingerprint density at radius 3 is 2.84 bits per heavy atom. The molecule has 0 spiro atoms. The number of hydrogen-bond acceptors (Lipinski definition) is 4. The molecule has 1 aliphatic heterocycles. The van der Waals surface area contributed by atoms with Gasteiger partial charge in [-0.3, -0.25) is 4.79 Å². The van der Waals surface area contributed by atoms with E-state index in [-0.39, 0.29) is 11.8 Å². The van der Waals surface area contributed by atoms with E-state index in [1.807, 2.05) is 13.0 Å². The molecule has 1 aromatic carbocycles. The molecule has 1 saturated heterocycles. The number of aryl methyl sites for hydroxylation is 1. The van der Waals surface area contributed by atoms with Gasteiger partial charge in [-0.05, 0) is 31.2 Å². The summed E-state index contributed by atoms with van der Waals surface area (Å²) in [6.45, 7) is 1.89. The molecule has 0 saturated carbocycles. The Morgan fingerprint density at radius 1 is 1.42 bits per heavy atom. The first-order valence-corrected chi connectivity index (χ1v) is 7.35. The third-order valence-corrected chi connectivity index (χ3v) is 4.30. The van der Waals surface area contributed by atoms with Crippen molar-refractivity contribution in [3.8, 4) is 0 Å². The molecule has 1 aromatic rings. The minimum Gasteiger partial charge on any atom is -0.465 e. The predicted molar refractivity (Wildman–Crippen MR) is 76.6 cm³/mol. The fraction of sp³-hybridized carbons (Fsp3) is 0.429. The molecular formula is C14H17NO3S. The number of anilines is 1. The van der Waals surface area contributed by atoms with Crippen molar-refractivity contribution < 1.29 is 14.3 Å². The smallest absolute Gasteiger partial charge is 0.339 e. The lowest BCUT2D eigenvalue weighted by Gasteiger charge is -2.13. The molecule has 5 heteroatoms. The zero-order valence-corrected chi connectivity index (χ0v) is 11.9. The number of hydrogen-bond donors (Lipinski definition) is 1. The number of benzene rings is 1. The number of methoxy groups -OCH3 is 1. The van der Waals surface area contributed by atoms with E-state index in [1.165, 1.54) is 7.11 Å². The van der Waals surface area contributed by atoms with Crippen molar-refractivity contribution in [1.82, 2.24) is 0 Å². The van der Waals surface area contributed by atoms with E-state index in [2.05, 4.69) is 5.32 Å². The SMILES string of the molecule is COC(=O)c1cc(C)ccc1NC(=O)C1CCSC1. The van der Waals surface area contributed by atoms with Crippen molar-refractivity contribution >= 4 is 29.3 Å². The van der Waals surface area contributed by atoms with Crippen LogP contribution in [0.5, 0.6) is 0 Å². The lowest BCUT2D eigenvalue weighted by Crippen LogP contribution is -2.23. The predicted octanol–water partition coefficient (Wildman–Crippen LogP) is 2.47. The van der Waals surface area contributed by atoms with Gasteiger partial charge >= 0.3 is 5.97 Å². The van der Waals surface area contributed by atoms with Gasteiger partial charge in [-0.2, -0.15) is 11.8 Å². The highest BCUT2D eigenvalue weighted by atomic mass is 32.2. The van der Waals surface area contributed by atoms with Crippen LogP contribution in [-0.4, -0.2) is 30.5 Å². The number of esters is 1. The lowest BCUT2D eigenvalue weighted by atomic mass is 10.1. The highest BCUT2D eigenvalue weighted by Gasteiger charge is 2.24. The largest absolute Gasteiger partial charge is 0.465 e. The molecule has 2 rings (SSSR count). The average Bonchev–Trinajstić information content (AvgIpc) is 2.94. The van der Waals surface area contributed by atoms with Crippen LogP contribution in [0.15, 0.2) is 18.2 Å². The normalized spacial score (nSPS) is 18.1. The van der Waals surface area contributed by atoms with Crippen molar-refractivity contribution in [2.24, 2.45) is 5.92 Å². The van der Waals surface area contributed by atoms with Gasteiger partial charge in [0.05, 0.1) is 18.4 Å². The second kappa shape index (κ2) is 6.10. The standard InChI is InChI=1S/C14H17NO3S/c1-9-3-4-12(11(7-9)14(17)18-2)15-13(16)10-5-6-19-8-10/h3-4,7,10H,5-6,8H2,1-2H3,(H,15,16). The quantitative estimate of drug-likeness (QED) is 0.864. The second-order valence-corrected chi connectivity index (χ2v) is 5.74. The molecule has 1 atom stereocenters. The Bertz CT molecular complexity index is 495. The van der Waals surface area contributed by atoms with Crippen LogP contribution in [0.4, 0.5) is 5.69 Å². The van der Waals surface area contributed by atoms with Gasteiger partial charge < -0.3 is 10.1 Å². The highest BCUT2D eigenvalue weighted by molar-refractivity contribution is 7.99. The Kier molecular flexibility index (Phi) is 4.47. The van der Waals surface area contributed by atoms with E-state index < -0.39 is 5.97 Å². The van der Waals surface area contributed by atoms with E-state index in [4.69, 9.17) is 4.74 Å². The Hall–Kier alpha value is -1.49. The summed E-state index contributed by atoms with van der Waals surface area (Å²) in [5.74, 6) is 1.47. The number of carbonyl (C=O) groups is 2. The number of ether oxygens (including phenoxy) is 1. The summed E-state index contributed by atoms with van der Waals surface area (Å²) in [5.41, 5.74) is 1.88. The van der Waals surface area contributed by atoms with Crippen molar-refractivity contribution in [2.45, 2.75) is 13.3 Å². The summed E-state index contributed by atoms with van der Waals surface area (Å²) in [6, 6.07) is 5.35. The highest BCUT2D eigenvalue weighted by Crippen LogP contribution is 2.26. The molecular weight excluding hydrogens is 262 g/mol. The topological polar surface area (TPSA) is 55.4 Å². The minimum atomic E-state index is -0.431. The van der Waals surface area contributed by atoms with Crippen LogP contribution in [0.25, 0.3) is 0 Å². The molecule has 1 heterocycles. The summed E-state index contributed by atoms with van der Waals surface area (Å²) in [7, 11) is 1.34. The Labute approximate surface area is 116 Å². The first-order chi connectivity index (χ1) is 9.11. The molecule has 19 heavy (non-hydrogen) atoms. The van der Waals surface area contributed by atoms with Crippen LogP contribution in [0.1, 0.15) is 22.3 Å². The van der Waals surface area contributed by atoms with Crippen LogP contribution in [0.2, 0.25) is 0 Å². The van der Waals surface area contributed by atoms with Gasteiger partial charge in [0, 0.05) is 11.7 Å². The van der Waals surface area contributed by atoms with Gasteiger partial charge in [0.2, 0.25) is 5.91 Å². The maximum absolute atomic E-state index is 12.1. The molecule has 1 unspecified atom stereocenters. The molecule has 102 valence electrons.